The van der Waals surface area contributed by atoms with E-state index in [1.54, 1.807) is 0 Å². The predicted octanol–water partition coefficient (Wildman–Crippen LogP) is 15.0. The van der Waals surface area contributed by atoms with E-state index in [0.717, 1.165) is 106 Å². The first-order chi connectivity index (χ1) is 30.2. The van der Waals surface area contributed by atoms with E-state index in [-0.39, 0.29) is 0 Å². The van der Waals surface area contributed by atoms with Crippen LogP contribution < -0.4 is 0 Å². The van der Waals surface area contributed by atoms with E-state index in [4.69, 9.17) is 18.8 Å². The van der Waals surface area contributed by atoms with E-state index in [0.29, 0.717) is 12.3 Å². The van der Waals surface area contributed by atoms with Gasteiger partial charge in [-0.3, -0.25) is 0 Å². The molecule has 4 heterocycles. The number of benzene rings is 9. The van der Waals surface area contributed by atoms with Crippen molar-refractivity contribution in [3.05, 3.63) is 205 Å². The van der Waals surface area contributed by atoms with Crippen molar-refractivity contribution in [2.75, 3.05) is 0 Å². The molecule has 0 fully saturated rings. The van der Waals surface area contributed by atoms with Gasteiger partial charge in [-0.1, -0.05) is 140 Å². The van der Waals surface area contributed by atoms with Gasteiger partial charge in [0.2, 0.25) is 0 Å². The molecule has 1 aliphatic rings. The lowest BCUT2D eigenvalue weighted by atomic mass is 9.97. The van der Waals surface area contributed by atoms with E-state index >= 15 is 0 Å². The van der Waals surface area contributed by atoms with Crippen LogP contribution in [0.4, 0.5) is 0 Å². The van der Waals surface area contributed by atoms with Crippen molar-refractivity contribution >= 4 is 104 Å². The fourth-order valence-corrected chi connectivity index (χ4v) is 9.65. The summed E-state index contributed by atoms with van der Waals surface area (Å²) in [6, 6.07) is 64.3. The average molecular weight is 782 g/mol. The van der Waals surface area contributed by atoms with Gasteiger partial charge in [0, 0.05) is 60.1 Å². The Labute approximate surface area is 349 Å². The third-order valence-corrected chi connectivity index (χ3v) is 12.5. The molecule has 0 saturated heterocycles. The van der Waals surface area contributed by atoms with Crippen molar-refractivity contribution in [3.63, 3.8) is 0 Å². The number of furan rings is 2. The standard InChI is InChI=1S/C56H35N3O2/c1-2-15-35(16-3-1)56-57-47(42-22-12-27-52-53(42)43-21-9-11-26-51(43)60-52)23-13-24-48(58-56)46-33-38(32-45-41-29-28-34-14-6-7-19-39(34)54(41)61-55(45)46)59-49-25-10-8-20-40(49)44-30-36-17-4-5-18-37(36)31-50(44)59/h1-12,14-22,24-33H,13,23H2. The summed E-state index contributed by atoms with van der Waals surface area (Å²) < 4.78 is 15.8. The van der Waals surface area contributed by atoms with E-state index in [2.05, 4.69) is 168 Å². The second-order valence-corrected chi connectivity index (χ2v) is 16.0. The van der Waals surface area contributed by atoms with Crippen LogP contribution in [-0.2, 0) is 0 Å². The van der Waals surface area contributed by atoms with Gasteiger partial charge in [0.25, 0.3) is 0 Å². The minimum atomic E-state index is 0.648. The van der Waals surface area contributed by atoms with Crippen LogP contribution >= 0.6 is 0 Å². The minimum Gasteiger partial charge on any atom is -0.456 e. The number of aliphatic imine (C=N–C) groups is 2. The molecular weight excluding hydrogens is 747 g/mol. The summed E-state index contributed by atoms with van der Waals surface area (Å²) in [5.74, 6) is 0.648. The lowest BCUT2D eigenvalue weighted by molar-refractivity contribution is 0.669. The fraction of sp³-hybridized carbons (Fsp3) is 0.0357. The lowest BCUT2D eigenvalue weighted by Crippen LogP contribution is -2.09. The van der Waals surface area contributed by atoms with Crippen LogP contribution in [0.5, 0.6) is 0 Å². The SMILES string of the molecule is C1=C(c2cc(-n3c4ccccc4c4cc5ccccc5cc43)cc3c2oc2c4ccccc4ccc32)N=C(c2ccccc2)N=C(c2cccc3oc4ccccc4c23)CC1. The van der Waals surface area contributed by atoms with Crippen LogP contribution in [-0.4, -0.2) is 16.1 Å². The highest BCUT2D eigenvalue weighted by molar-refractivity contribution is 6.23. The maximum atomic E-state index is 7.07. The molecule has 0 radical (unpaired) electrons. The first-order valence-electron chi connectivity index (χ1n) is 20.9. The van der Waals surface area contributed by atoms with Crippen LogP contribution in [0.1, 0.15) is 29.5 Å². The molecule has 61 heavy (non-hydrogen) atoms. The smallest absolute Gasteiger partial charge is 0.160 e. The lowest BCUT2D eigenvalue weighted by Gasteiger charge is -2.15. The summed E-state index contributed by atoms with van der Waals surface area (Å²) in [6.07, 6.45) is 3.71. The van der Waals surface area contributed by atoms with Gasteiger partial charge >= 0.3 is 0 Å². The largest absolute Gasteiger partial charge is 0.456 e. The Balaban J connectivity index is 1.09. The minimum absolute atomic E-state index is 0.648. The number of fused-ring (bicyclic) bond motifs is 12. The Morgan fingerprint density at radius 2 is 1.18 bits per heavy atom. The first kappa shape index (κ1) is 33.9. The molecule has 9 aromatic carbocycles. The zero-order valence-corrected chi connectivity index (χ0v) is 33.0. The predicted molar refractivity (Wildman–Crippen MR) is 254 cm³/mol. The summed E-state index contributed by atoms with van der Waals surface area (Å²) in [6.45, 7) is 0. The van der Waals surface area contributed by atoms with Crippen LogP contribution in [0.15, 0.2) is 207 Å². The van der Waals surface area contributed by atoms with Crippen LogP contribution in [0, 0.1) is 0 Å². The van der Waals surface area contributed by atoms with Crippen LogP contribution in [0.25, 0.3) is 98.6 Å². The molecule has 1 aliphatic heterocycles. The van der Waals surface area contributed by atoms with E-state index < -0.39 is 0 Å². The van der Waals surface area contributed by atoms with Gasteiger partial charge < -0.3 is 13.4 Å². The third kappa shape index (κ3) is 5.27. The molecule has 0 atom stereocenters. The van der Waals surface area contributed by atoms with Crippen molar-refractivity contribution in [1.82, 2.24) is 4.57 Å². The molecule has 0 aliphatic carbocycles. The average Bonchev–Trinajstić information content (AvgIpc) is 3.98. The molecule has 12 aromatic rings. The van der Waals surface area contributed by atoms with E-state index in [1.807, 2.05) is 24.3 Å². The molecule has 0 bridgehead atoms. The highest BCUT2D eigenvalue weighted by atomic mass is 16.3. The van der Waals surface area contributed by atoms with Gasteiger partial charge in [0.15, 0.2) is 5.84 Å². The molecule has 5 nitrogen and oxygen atoms in total. The maximum Gasteiger partial charge on any atom is 0.160 e. The van der Waals surface area contributed by atoms with Crippen molar-refractivity contribution in [2.24, 2.45) is 9.98 Å². The van der Waals surface area contributed by atoms with Gasteiger partial charge in [-0.05, 0) is 77.5 Å². The molecule has 0 N–H and O–H groups in total. The van der Waals surface area contributed by atoms with Gasteiger partial charge in [0.05, 0.1) is 22.4 Å². The number of rotatable bonds is 4. The Bertz CT molecular complexity index is 3880. The molecule has 286 valence electrons. The third-order valence-electron chi connectivity index (χ3n) is 12.5. The Morgan fingerprint density at radius 3 is 2.07 bits per heavy atom. The number of allylic oxidation sites excluding steroid dienone is 1. The van der Waals surface area contributed by atoms with Gasteiger partial charge in [0.1, 0.15) is 22.3 Å². The van der Waals surface area contributed by atoms with Crippen molar-refractivity contribution in [2.45, 2.75) is 12.8 Å². The van der Waals surface area contributed by atoms with E-state index in [1.165, 1.54) is 21.5 Å². The van der Waals surface area contributed by atoms with Crippen molar-refractivity contribution in [1.29, 1.82) is 0 Å². The molecule has 0 amide bonds. The summed E-state index contributed by atoms with van der Waals surface area (Å²) in [7, 11) is 0. The molecular formula is C56H35N3O2. The second-order valence-electron chi connectivity index (χ2n) is 16.0. The molecule has 3 aromatic heterocycles. The fourth-order valence-electron chi connectivity index (χ4n) is 9.65. The van der Waals surface area contributed by atoms with E-state index in [9.17, 15) is 0 Å². The van der Waals surface area contributed by atoms with Crippen LogP contribution in [0.2, 0.25) is 0 Å². The molecule has 5 heteroatoms. The number of hydrogen-bond acceptors (Lipinski definition) is 4. The quantitative estimate of drug-likeness (QED) is 0.179. The van der Waals surface area contributed by atoms with Crippen molar-refractivity contribution in [3.8, 4) is 5.69 Å². The molecule has 13 rings (SSSR count). The molecule has 0 saturated carbocycles. The number of para-hydroxylation sites is 2. The first-order valence-corrected chi connectivity index (χ1v) is 20.9. The number of hydrogen-bond donors (Lipinski definition) is 0. The Kier molecular flexibility index (Phi) is 7.36. The summed E-state index contributed by atoms with van der Waals surface area (Å²) >= 11 is 0. The Morgan fingerprint density at radius 1 is 0.443 bits per heavy atom. The zero-order valence-electron chi connectivity index (χ0n) is 33.0. The summed E-state index contributed by atoms with van der Waals surface area (Å²) in [4.78, 5) is 11.0. The Hall–Kier alpha value is -8.02. The van der Waals surface area contributed by atoms with Crippen LogP contribution in [0.3, 0.4) is 0 Å². The monoisotopic (exact) mass is 781 g/mol. The normalized spacial score (nSPS) is 13.7. The van der Waals surface area contributed by atoms with Gasteiger partial charge in [-0.25, -0.2) is 9.98 Å². The highest BCUT2D eigenvalue weighted by Gasteiger charge is 2.23. The summed E-state index contributed by atoms with van der Waals surface area (Å²) in [5, 5.41) is 11.4. The number of nitrogens with zero attached hydrogens (tertiary/aromatic N) is 3. The van der Waals surface area contributed by atoms with Gasteiger partial charge in [-0.2, -0.15) is 0 Å². The second kappa shape index (κ2) is 13.2. The number of aromatic nitrogens is 1. The molecule has 0 unspecified atom stereocenters. The highest BCUT2D eigenvalue weighted by Crippen LogP contribution is 2.43. The zero-order chi connectivity index (χ0) is 40.0. The topological polar surface area (TPSA) is 55.9 Å². The van der Waals surface area contributed by atoms with Crippen molar-refractivity contribution < 1.29 is 8.83 Å². The van der Waals surface area contributed by atoms with Gasteiger partial charge in [-0.15, -0.1) is 0 Å². The maximum absolute atomic E-state index is 7.07. The summed E-state index contributed by atoms with van der Waals surface area (Å²) in [5.41, 5.74) is 11.5. The molecule has 0 spiro atoms. The number of amidine groups is 1.